The Morgan fingerprint density at radius 3 is 2.71 bits per heavy atom. The molecule has 1 N–H and O–H groups in total. The van der Waals surface area contributed by atoms with Gasteiger partial charge in [0.2, 0.25) is 5.91 Å². The van der Waals surface area contributed by atoms with E-state index in [9.17, 15) is 13.2 Å². The van der Waals surface area contributed by atoms with Crippen molar-refractivity contribution in [1.29, 1.82) is 0 Å². The van der Waals surface area contributed by atoms with E-state index in [1.165, 1.54) is 23.9 Å². The fraction of sp³-hybridized carbons (Fsp3) is 0.158. The number of halogens is 1. The number of fused-ring (bicyclic) bond motifs is 1. The lowest BCUT2D eigenvalue weighted by Crippen LogP contribution is -2.26. The summed E-state index contributed by atoms with van der Waals surface area (Å²) in [7, 11) is -3.84. The van der Waals surface area contributed by atoms with Crippen molar-refractivity contribution in [2.45, 2.75) is 18.2 Å². The van der Waals surface area contributed by atoms with Gasteiger partial charge in [-0.15, -0.1) is 0 Å². The highest BCUT2D eigenvalue weighted by molar-refractivity contribution is 7.92. The number of benzene rings is 2. The molecule has 0 radical (unpaired) electrons. The summed E-state index contributed by atoms with van der Waals surface area (Å²) in [5, 5.41) is 4.67. The second-order valence-electron chi connectivity index (χ2n) is 6.44. The minimum absolute atomic E-state index is 0.0879. The second kappa shape index (κ2) is 6.96. The number of para-hydroxylation sites is 1. The van der Waals surface area contributed by atoms with Crippen LogP contribution in [0.4, 0.5) is 11.4 Å². The van der Waals surface area contributed by atoms with Crippen LogP contribution in [-0.2, 0) is 21.2 Å². The summed E-state index contributed by atoms with van der Waals surface area (Å²) in [5.41, 5.74) is 2.55. The summed E-state index contributed by atoms with van der Waals surface area (Å²) in [4.78, 5) is 13.4. The van der Waals surface area contributed by atoms with Crippen LogP contribution in [0.1, 0.15) is 12.5 Å². The van der Waals surface area contributed by atoms with Crippen molar-refractivity contribution in [3.05, 3.63) is 65.4 Å². The van der Waals surface area contributed by atoms with E-state index in [0.717, 1.165) is 5.56 Å². The maximum absolute atomic E-state index is 12.8. The molecule has 0 saturated carbocycles. The molecule has 2 heterocycles. The molecule has 9 heteroatoms. The zero-order valence-corrected chi connectivity index (χ0v) is 16.5. The first-order valence-electron chi connectivity index (χ1n) is 8.58. The SMILES string of the molecule is CC(=O)N1CCc2ccc(S(=O)(=O)Nc3cnn(-c4ccccc4Cl)c3)cc21. The lowest BCUT2D eigenvalue weighted by molar-refractivity contribution is -0.116. The van der Waals surface area contributed by atoms with Crippen LogP contribution < -0.4 is 9.62 Å². The van der Waals surface area contributed by atoms with Gasteiger partial charge in [-0.2, -0.15) is 5.10 Å². The first-order valence-corrected chi connectivity index (χ1v) is 10.4. The normalized spacial score (nSPS) is 13.4. The average molecular weight is 417 g/mol. The van der Waals surface area contributed by atoms with Gasteiger partial charge in [-0.1, -0.05) is 29.8 Å². The second-order valence-corrected chi connectivity index (χ2v) is 8.53. The molecule has 3 aromatic rings. The van der Waals surface area contributed by atoms with E-state index in [-0.39, 0.29) is 10.8 Å². The summed E-state index contributed by atoms with van der Waals surface area (Å²) in [5.74, 6) is -0.109. The van der Waals surface area contributed by atoms with E-state index in [4.69, 9.17) is 11.6 Å². The van der Waals surface area contributed by atoms with Crippen LogP contribution in [-0.4, -0.2) is 30.7 Å². The standard InChI is InChI=1S/C19H17ClN4O3S/c1-13(25)23-9-8-14-6-7-16(10-19(14)23)28(26,27)22-15-11-21-24(12-15)18-5-3-2-4-17(18)20/h2-7,10-12,22H,8-9H2,1H3. The number of hydrogen-bond donors (Lipinski definition) is 1. The molecule has 4 rings (SSSR count). The summed E-state index contributed by atoms with van der Waals surface area (Å²) in [6.45, 7) is 2.03. The molecule has 1 aromatic heterocycles. The van der Waals surface area contributed by atoms with Gasteiger partial charge >= 0.3 is 0 Å². The van der Waals surface area contributed by atoms with Crippen LogP contribution in [0.3, 0.4) is 0 Å². The largest absolute Gasteiger partial charge is 0.312 e. The number of nitrogens with zero attached hydrogens (tertiary/aromatic N) is 3. The van der Waals surface area contributed by atoms with E-state index < -0.39 is 10.0 Å². The first kappa shape index (κ1) is 18.5. The third kappa shape index (κ3) is 3.36. The van der Waals surface area contributed by atoms with Crippen LogP contribution in [0.15, 0.2) is 59.8 Å². The van der Waals surface area contributed by atoms with Crippen molar-refractivity contribution in [3.8, 4) is 5.69 Å². The van der Waals surface area contributed by atoms with E-state index in [1.54, 1.807) is 41.4 Å². The number of aromatic nitrogens is 2. The Balaban J connectivity index is 1.62. The van der Waals surface area contributed by atoms with Gasteiger partial charge in [0, 0.05) is 19.2 Å². The number of carbonyl (C=O) groups is 1. The van der Waals surface area contributed by atoms with Crippen LogP contribution in [0.2, 0.25) is 5.02 Å². The van der Waals surface area contributed by atoms with Crippen molar-refractivity contribution in [3.63, 3.8) is 0 Å². The number of nitrogens with one attached hydrogen (secondary N) is 1. The maximum Gasteiger partial charge on any atom is 0.262 e. The Labute approximate surface area is 167 Å². The van der Waals surface area contributed by atoms with Crippen molar-refractivity contribution < 1.29 is 13.2 Å². The number of amides is 1. The molecule has 28 heavy (non-hydrogen) atoms. The minimum atomic E-state index is -3.84. The fourth-order valence-corrected chi connectivity index (χ4v) is 4.48. The van der Waals surface area contributed by atoms with Crippen molar-refractivity contribution in [2.24, 2.45) is 0 Å². The molecule has 0 atom stereocenters. The predicted molar refractivity (Wildman–Crippen MR) is 108 cm³/mol. The number of rotatable bonds is 4. The number of carbonyl (C=O) groups excluding carboxylic acids is 1. The van der Waals surface area contributed by atoms with Gasteiger partial charge in [-0.05, 0) is 36.2 Å². The Bertz CT molecular complexity index is 1170. The van der Waals surface area contributed by atoms with Gasteiger partial charge in [0.25, 0.3) is 10.0 Å². The molecule has 2 aromatic carbocycles. The Kier molecular flexibility index (Phi) is 4.60. The highest BCUT2D eigenvalue weighted by atomic mass is 35.5. The number of hydrogen-bond acceptors (Lipinski definition) is 4. The van der Waals surface area contributed by atoms with Gasteiger partial charge in [0.15, 0.2) is 0 Å². The van der Waals surface area contributed by atoms with Crippen molar-refractivity contribution in [1.82, 2.24) is 9.78 Å². The molecule has 144 valence electrons. The van der Waals surface area contributed by atoms with E-state index in [0.29, 0.717) is 35.1 Å². The maximum atomic E-state index is 12.8. The molecule has 0 saturated heterocycles. The van der Waals surface area contributed by atoms with Gasteiger partial charge in [0.05, 0.1) is 33.7 Å². The molecular weight excluding hydrogens is 400 g/mol. The molecule has 0 unspecified atom stereocenters. The van der Waals surface area contributed by atoms with E-state index in [1.807, 2.05) is 6.07 Å². The molecule has 0 fully saturated rings. The highest BCUT2D eigenvalue weighted by Gasteiger charge is 2.25. The van der Waals surface area contributed by atoms with E-state index >= 15 is 0 Å². The minimum Gasteiger partial charge on any atom is -0.312 e. The van der Waals surface area contributed by atoms with Gasteiger partial charge in [0.1, 0.15) is 0 Å². The van der Waals surface area contributed by atoms with Gasteiger partial charge in [-0.25, -0.2) is 13.1 Å². The third-order valence-electron chi connectivity index (χ3n) is 4.58. The predicted octanol–water partition coefficient (Wildman–Crippen LogP) is 3.24. The Morgan fingerprint density at radius 2 is 1.96 bits per heavy atom. The molecule has 0 bridgehead atoms. The molecule has 1 amide bonds. The van der Waals surface area contributed by atoms with E-state index in [2.05, 4.69) is 9.82 Å². The van der Waals surface area contributed by atoms with Crippen LogP contribution >= 0.6 is 11.6 Å². The molecule has 1 aliphatic rings. The fourth-order valence-electron chi connectivity index (χ4n) is 3.21. The zero-order valence-electron chi connectivity index (χ0n) is 15.0. The summed E-state index contributed by atoms with van der Waals surface area (Å²) >= 11 is 6.16. The molecular formula is C19H17ClN4O3S. The van der Waals surface area contributed by atoms with Gasteiger partial charge in [-0.3, -0.25) is 9.52 Å². The first-order chi connectivity index (χ1) is 13.3. The zero-order chi connectivity index (χ0) is 19.9. The molecule has 0 spiro atoms. The van der Waals surface area contributed by atoms with Gasteiger partial charge < -0.3 is 4.90 Å². The topological polar surface area (TPSA) is 84.3 Å². The van der Waals surface area contributed by atoms with Crippen LogP contribution in [0.5, 0.6) is 0 Å². The molecule has 0 aliphatic carbocycles. The Hall–Kier alpha value is -2.84. The van der Waals surface area contributed by atoms with Crippen LogP contribution in [0.25, 0.3) is 5.69 Å². The lowest BCUT2D eigenvalue weighted by atomic mass is 10.2. The van der Waals surface area contributed by atoms with Crippen LogP contribution in [0, 0.1) is 0 Å². The number of anilines is 2. The van der Waals surface area contributed by atoms with Crippen molar-refractivity contribution in [2.75, 3.05) is 16.2 Å². The highest BCUT2D eigenvalue weighted by Crippen LogP contribution is 2.31. The lowest BCUT2D eigenvalue weighted by Gasteiger charge is -2.15. The molecule has 7 nitrogen and oxygen atoms in total. The quantitative estimate of drug-likeness (QED) is 0.707. The third-order valence-corrected chi connectivity index (χ3v) is 6.28. The summed E-state index contributed by atoms with van der Waals surface area (Å²) in [6.07, 6.45) is 3.68. The Morgan fingerprint density at radius 1 is 1.18 bits per heavy atom. The average Bonchev–Trinajstić information content (AvgIpc) is 3.28. The summed E-state index contributed by atoms with van der Waals surface area (Å²) < 4.78 is 29.6. The smallest absolute Gasteiger partial charge is 0.262 e. The molecule has 1 aliphatic heterocycles. The summed E-state index contributed by atoms with van der Waals surface area (Å²) in [6, 6.07) is 12.0. The number of sulfonamides is 1. The monoisotopic (exact) mass is 416 g/mol. The van der Waals surface area contributed by atoms with Crippen molar-refractivity contribution >= 4 is 38.9 Å².